The highest BCUT2D eigenvalue weighted by Crippen LogP contribution is 2.11. The molecule has 0 spiro atoms. The number of hydrogen-bond acceptors (Lipinski definition) is 5. The van der Waals surface area contributed by atoms with Crippen LogP contribution in [0.3, 0.4) is 0 Å². The summed E-state index contributed by atoms with van der Waals surface area (Å²) in [6.45, 7) is 0.504. The van der Waals surface area contributed by atoms with Crippen LogP contribution < -0.4 is 0 Å². The Hall–Kier alpha value is -2.46. The monoisotopic (exact) mass is 261 g/mol. The lowest BCUT2D eigenvalue weighted by molar-refractivity contribution is -0.154. The SMILES string of the molecule is N#Cc1cc(C(=O)N2CCOC(C(=O)O)C2)ccn1. The van der Waals surface area contributed by atoms with Gasteiger partial charge < -0.3 is 14.7 Å². The van der Waals surface area contributed by atoms with Crippen molar-refractivity contribution in [2.75, 3.05) is 19.7 Å². The molecule has 1 aliphatic heterocycles. The minimum Gasteiger partial charge on any atom is -0.479 e. The van der Waals surface area contributed by atoms with Crippen LogP contribution in [0.1, 0.15) is 16.1 Å². The number of carbonyl (C=O) groups excluding carboxylic acids is 1. The molecule has 1 saturated heterocycles. The smallest absolute Gasteiger partial charge is 0.334 e. The van der Waals surface area contributed by atoms with Crippen molar-refractivity contribution in [3.63, 3.8) is 0 Å². The van der Waals surface area contributed by atoms with Crippen molar-refractivity contribution in [3.05, 3.63) is 29.6 Å². The van der Waals surface area contributed by atoms with Crippen molar-refractivity contribution in [3.8, 4) is 6.07 Å². The number of amides is 1. The zero-order chi connectivity index (χ0) is 13.8. The topological polar surface area (TPSA) is 104 Å². The molecule has 1 unspecified atom stereocenters. The quantitative estimate of drug-likeness (QED) is 0.795. The van der Waals surface area contributed by atoms with Gasteiger partial charge in [0, 0.05) is 18.3 Å². The predicted octanol–water partition coefficient (Wildman–Crippen LogP) is -0.121. The van der Waals surface area contributed by atoms with Crippen LogP contribution in [0.15, 0.2) is 18.3 Å². The van der Waals surface area contributed by atoms with Crippen LogP contribution in [0.4, 0.5) is 0 Å². The standard InChI is InChI=1S/C12H11N3O4/c13-6-9-5-8(1-2-14-9)11(16)15-3-4-19-10(7-15)12(17)18/h1-2,5,10H,3-4,7H2,(H,17,18). The number of nitriles is 1. The summed E-state index contributed by atoms with van der Waals surface area (Å²) in [5, 5.41) is 17.6. The van der Waals surface area contributed by atoms with Crippen molar-refractivity contribution >= 4 is 11.9 Å². The van der Waals surface area contributed by atoms with Crippen LogP contribution in [0.25, 0.3) is 0 Å². The van der Waals surface area contributed by atoms with Gasteiger partial charge in [0.05, 0.1) is 13.2 Å². The first kappa shape index (κ1) is 13.0. The first-order valence-corrected chi connectivity index (χ1v) is 5.61. The Bertz CT molecular complexity index is 552. The van der Waals surface area contributed by atoms with Gasteiger partial charge in [-0.2, -0.15) is 5.26 Å². The third-order valence-electron chi connectivity index (χ3n) is 2.75. The second-order valence-electron chi connectivity index (χ2n) is 3.99. The van der Waals surface area contributed by atoms with E-state index in [9.17, 15) is 9.59 Å². The maximum atomic E-state index is 12.2. The molecule has 98 valence electrons. The molecular formula is C12H11N3O4. The Morgan fingerprint density at radius 1 is 1.58 bits per heavy atom. The lowest BCUT2D eigenvalue weighted by atomic mass is 10.2. The number of carboxylic acids is 1. The van der Waals surface area contributed by atoms with Gasteiger partial charge in [0.1, 0.15) is 11.8 Å². The highest BCUT2D eigenvalue weighted by molar-refractivity contribution is 5.94. The van der Waals surface area contributed by atoms with Gasteiger partial charge in [-0.05, 0) is 12.1 Å². The Labute approximate surface area is 109 Å². The molecule has 1 amide bonds. The van der Waals surface area contributed by atoms with Crippen LogP contribution >= 0.6 is 0 Å². The molecule has 0 bridgehead atoms. The van der Waals surface area contributed by atoms with Gasteiger partial charge in [-0.3, -0.25) is 4.79 Å². The normalized spacial score (nSPS) is 18.7. The summed E-state index contributed by atoms with van der Waals surface area (Å²) in [5.74, 6) is -1.42. The van der Waals surface area contributed by atoms with E-state index in [4.69, 9.17) is 15.1 Å². The van der Waals surface area contributed by atoms with Gasteiger partial charge >= 0.3 is 5.97 Å². The second kappa shape index (κ2) is 5.46. The van der Waals surface area contributed by atoms with E-state index in [0.717, 1.165) is 0 Å². The Kier molecular flexibility index (Phi) is 3.73. The van der Waals surface area contributed by atoms with E-state index in [1.807, 2.05) is 6.07 Å². The molecular weight excluding hydrogens is 250 g/mol. The van der Waals surface area contributed by atoms with E-state index in [-0.39, 0.29) is 24.8 Å². The second-order valence-corrected chi connectivity index (χ2v) is 3.99. The first-order chi connectivity index (χ1) is 9.11. The van der Waals surface area contributed by atoms with Crippen LogP contribution in [-0.4, -0.2) is 52.7 Å². The molecule has 19 heavy (non-hydrogen) atoms. The molecule has 1 N–H and O–H groups in total. The summed E-state index contributed by atoms with van der Waals surface area (Å²) in [6.07, 6.45) is 0.371. The molecule has 0 saturated carbocycles. The van der Waals surface area contributed by atoms with Crippen molar-refractivity contribution in [2.45, 2.75) is 6.10 Å². The summed E-state index contributed by atoms with van der Waals surface area (Å²) in [6, 6.07) is 4.73. The number of morpholine rings is 1. The van der Waals surface area contributed by atoms with E-state index in [0.29, 0.717) is 12.1 Å². The van der Waals surface area contributed by atoms with E-state index in [1.54, 1.807) is 0 Å². The van der Waals surface area contributed by atoms with Crippen molar-refractivity contribution in [1.82, 2.24) is 9.88 Å². The molecule has 0 radical (unpaired) electrons. The summed E-state index contributed by atoms with van der Waals surface area (Å²) >= 11 is 0. The number of carboxylic acid groups (broad SMARTS) is 1. The number of ether oxygens (including phenoxy) is 1. The van der Waals surface area contributed by atoms with Crippen molar-refractivity contribution in [1.29, 1.82) is 5.26 Å². The van der Waals surface area contributed by atoms with E-state index in [2.05, 4.69) is 4.98 Å². The largest absolute Gasteiger partial charge is 0.479 e. The maximum absolute atomic E-state index is 12.2. The average molecular weight is 261 g/mol. The minimum absolute atomic E-state index is 0.00161. The fourth-order valence-corrected chi connectivity index (χ4v) is 1.79. The molecule has 1 fully saturated rings. The number of rotatable bonds is 2. The van der Waals surface area contributed by atoms with Crippen molar-refractivity contribution < 1.29 is 19.4 Å². The van der Waals surface area contributed by atoms with E-state index >= 15 is 0 Å². The molecule has 1 aromatic heterocycles. The fourth-order valence-electron chi connectivity index (χ4n) is 1.79. The zero-order valence-electron chi connectivity index (χ0n) is 9.94. The maximum Gasteiger partial charge on any atom is 0.334 e. The molecule has 7 heteroatoms. The number of pyridine rings is 1. The highest BCUT2D eigenvalue weighted by atomic mass is 16.5. The third kappa shape index (κ3) is 2.86. The zero-order valence-corrected chi connectivity index (χ0v) is 9.94. The molecule has 0 aromatic carbocycles. The highest BCUT2D eigenvalue weighted by Gasteiger charge is 2.29. The lowest BCUT2D eigenvalue weighted by Crippen LogP contribution is -2.48. The molecule has 2 rings (SSSR count). The number of carbonyl (C=O) groups is 2. The van der Waals surface area contributed by atoms with Crippen LogP contribution in [0.2, 0.25) is 0 Å². The molecule has 1 aliphatic rings. The number of aliphatic carboxylic acids is 1. The molecule has 2 heterocycles. The Balaban J connectivity index is 2.15. The summed E-state index contributed by atoms with van der Waals surface area (Å²) in [4.78, 5) is 28.2. The molecule has 0 aliphatic carbocycles. The number of nitrogens with zero attached hydrogens (tertiary/aromatic N) is 3. The number of hydrogen-bond donors (Lipinski definition) is 1. The summed E-state index contributed by atoms with van der Waals surface area (Å²) in [7, 11) is 0. The summed E-state index contributed by atoms with van der Waals surface area (Å²) < 4.78 is 5.04. The molecule has 1 aromatic rings. The van der Waals surface area contributed by atoms with E-state index < -0.39 is 12.1 Å². The van der Waals surface area contributed by atoms with Crippen LogP contribution in [-0.2, 0) is 9.53 Å². The summed E-state index contributed by atoms with van der Waals surface area (Å²) in [5.41, 5.74) is 0.464. The van der Waals surface area contributed by atoms with Gasteiger partial charge in [-0.25, -0.2) is 9.78 Å². The average Bonchev–Trinajstić information content (AvgIpc) is 2.46. The van der Waals surface area contributed by atoms with Crippen molar-refractivity contribution in [2.24, 2.45) is 0 Å². The first-order valence-electron chi connectivity index (χ1n) is 5.61. The third-order valence-corrected chi connectivity index (χ3v) is 2.75. The molecule has 7 nitrogen and oxygen atoms in total. The van der Waals surface area contributed by atoms with Crippen LogP contribution in [0.5, 0.6) is 0 Å². The predicted molar refractivity (Wildman–Crippen MR) is 62.2 cm³/mol. The Morgan fingerprint density at radius 3 is 3.05 bits per heavy atom. The van der Waals surface area contributed by atoms with Gasteiger partial charge in [-0.15, -0.1) is 0 Å². The minimum atomic E-state index is -1.09. The van der Waals surface area contributed by atoms with E-state index in [1.165, 1.54) is 23.2 Å². The number of aromatic nitrogens is 1. The van der Waals surface area contributed by atoms with Crippen LogP contribution in [0, 0.1) is 11.3 Å². The van der Waals surface area contributed by atoms with Gasteiger partial charge in [0.2, 0.25) is 0 Å². The lowest BCUT2D eigenvalue weighted by Gasteiger charge is -2.30. The van der Waals surface area contributed by atoms with Gasteiger partial charge in [0.15, 0.2) is 6.10 Å². The van der Waals surface area contributed by atoms with Gasteiger partial charge in [0.25, 0.3) is 5.91 Å². The van der Waals surface area contributed by atoms with Gasteiger partial charge in [-0.1, -0.05) is 0 Å². The molecule has 1 atom stereocenters. The fraction of sp³-hybridized carbons (Fsp3) is 0.333. The Morgan fingerprint density at radius 2 is 2.37 bits per heavy atom.